The lowest BCUT2D eigenvalue weighted by molar-refractivity contribution is 0.265. The third kappa shape index (κ3) is 3.73. The number of aryl methyl sites for hydroxylation is 2. The van der Waals surface area contributed by atoms with Gasteiger partial charge in [-0.2, -0.15) is 5.10 Å². The van der Waals surface area contributed by atoms with Crippen molar-refractivity contribution in [3.8, 4) is 0 Å². The van der Waals surface area contributed by atoms with Crippen molar-refractivity contribution in [2.45, 2.75) is 64.3 Å². The Labute approximate surface area is 157 Å². The highest BCUT2D eigenvalue weighted by Crippen LogP contribution is 2.24. The first-order valence-corrected chi connectivity index (χ1v) is 10.5. The summed E-state index contributed by atoms with van der Waals surface area (Å²) < 4.78 is 1.98. The monoisotopic (exact) mass is 355 g/mol. The van der Waals surface area contributed by atoms with Crippen LogP contribution in [-0.2, 0) is 13.5 Å². The number of aromatic nitrogens is 3. The van der Waals surface area contributed by atoms with Crippen LogP contribution < -0.4 is 4.90 Å². The Kier molecular flexibility index (Phi) is 5.44. The van der Waals surface area contributed by atoms with Gasteiger partial charge in [0.25, 0.3) is 0 Å². The molecule has 0 amide bonds. The van der Waals surface area contributed by atoms with Crippen molar-refractivity contribution in [2.24, 2.45) is 7.05 Å². The largest absolute Gasteiger partial charge is 0.357 e. The van der Waals surface area contributed by atoms with Crippen LogP contribution >= 0.6 is 0 Å². The average molecular weight is 356 g/mol. The van der Waals surface area contributed by atoms with E-state index in [2.05, 4.69) is 28.9 Å². The van der Waals surface area contributed by atoms with Gasteiger partial charge in [0, 0.05) is 31.6 Å². The average Bonchev–Trinajstić information content (AvgIpc) is 3.06. The zero-order valence-electron chi connectivity index (χ0n) is 16.5. The molecule has 1 unspecified atom stereocenters. The lowest BCUT2D eigenvalue weighted by Crippen LogP contribution is -2.28. The van der Waals surface area contributed by atoms with Crippen molar-refractivity contribution < 1.29 is 0 Å². The first-order chi connectivity index (χ1) is 12.7. The standard InChI is InChI=1S/C21H33N5/c1-17-9-7-15-25(17)16-8-10-19-18-11-12-20(22-21(18)24(2)23-19)26-13-5-3-4-6-14-26/h11-12,17H,3-10,13-16H2,1-2H3. The molecule has 142 valence electrons. The molecule has 2 aliphatic heterocycles. The van der Waals surface area contributed by atoms with E-state index in [1.807, 2.05) is 11.7 Å². The van der Waals surface area contributed by atoms with Gasteiger partial charge in [-0.25, -0.2) is 4.98 Å². The van der Waals surface area contributed by atoms with Gasteiger partial charge in [-0.05, 0) is 70.7 Å². The van der Waals surface area contributed by atoms with Gasteiger partial charge >= 0.3 is 0 Å². The lowest BCUT2D eigenvalue weighted by Gasteiger charge is -2.21. The molecular weight excluding hydrogens is 322 g/mol. The highest BCUT2D eigenvalue weighted by Gasteiger charge is 2.20. The van der Waals surface area contributed by atoms with Gasteiger partial charge < -0.3 is 9.80 Å². The minimum atomic E-state index is 0.758. The highest BCUT2D eigenvalue weighted by molar-refractivity contribution is 5.80. The SMILES string of the molecule is CC1CCCN1CCCc1nn(C)c2nc(N3CCCCCC3)ccc12. The van der Waals surface area contributed by atoms with Crippen LogP contribution in [0.3, 0.4) is 0 Å². The number of pyridine rings is 1. The molecule has 0 radical (unpaired) electrons. The van der Waals surface area contributed by atoms with Crippen LogP contribution in [0.25, 0.3) is 11.0 Å². The Morgan fingerprint density at radius 3 is 2.58 bits per heavy atom. The van der Waals surface area contributed by atoms with E-state index in [-0.39, 0.29) is 0 Å². The molecular formula is C21H33N5. The minimum absolute atomic E-state index is 0.758. The fourth-order valence-corrected chi connectivity index (χ4v) is 4.63. The zero-order chi connectivity index (χ0) is 17.9. The quantitative estimate of drug-likeness (QED) is 0.818. The van der Waals surface area contributed by atoms with Crippen LogP contribution in [0.4, 0.5) is 5.82 Å². The Hall–Kier alpha value is -1.62. The van der Waals surface area contributed by atoms with Crippen LogP contribution in [0.2, 0.25) is 0 Å². The minimum Gasteiger partial charge on any atom is -0.357 e. The smallest absolute Gasteiger partial charge is 0.160 e. The number of rotatable bonds is 5. The van der Waals surface area contributed by atoms with Crippen molar-refractivity contribution >= 4 is 16.9 Å². The van der Waals surface area contributed by atoms with Gasteiger partial charge in [0.1, 0.15) is 5.82 Å². The number of nitrogens with zero attached hydrogens (tertiary/aromatic N) is 5. The molecule has 5 nitrogen and oxygen atoms in total. The van der Waals surface area contributed by atoms with Crippen molar-refractivity contribution in [1.82, 2.24) is 19.7 Å². The Morgan fingerprint density at radius 2 is 1.85 bits per heavy atom. The van der Waals surface area contributed by atoms with Crippen LogP contribution in [0.1, 0.15) is 57.6 Å². The predicted octanol–water partition coefficient (Wildman–Crippen LogP) is 3.77. The molecule has 5 heteroatoms. The van der Waals surface area contributed by atoms with Gasteiger partial charge in [-0.1, -0.05) is 12.8 Å². The van der Waals surface area contributed by atoms with Crippen molar-refractivity contribution in [3.63, 3.8) is 0 Å². The maximum absolute atomic E-state index is 4.97. The molecule has 1 atom stereocenters. The molecule has 0 spiro atoms. The summed E-state index contributed by atoms with van der Waals surface area (Å²) in [5.74, 6) is 1.12. The molecule has 0 bridgehead atoms. The highest BCUT2D eigenvalue weighted by atomic mass is 15.3. The van der Waals surface area contributed by atoms with Crippen molar-refractivity contribution in [3.05, 3.63) is 17.8 Å². The topological polar surface area (TPSA) is 37.2 Å². The van der Waals surface area contributed by atoms with E-state index in [1.54, 1.807) is 0 Å². The summed E-state index contributed by atoms with van der Waals surface area (Å²) in [5.41, 5.74) is 2.25. The molecule has 26 heavy (non-hydrogen) atoms. The molecule has 2 aromatic rings. The fraction of sp³-hybridized carbons (Fsp3) is 0.714. The number of likely N-dealkylation sites (tertiary alicyclic amines) is 1. The third-order valence-electron chi connectivity index (χ3n) is 6.23. The van der Waals surface area contributed by atoms with Crippen LogP contribution in [0.5, 0.6) is 0 Å². The van der Waals surface area contributed by atoms with Gasteiger partial charge in [0.15, 0.2) is 5.65 Å². The molecule has 0 saturated carbocycles. The molecule has 0 aromatic carbocycles. The summed E-state index contributed by atoms with van der Waals surface area (Å²) in [7, 11) is 2.04. The molecule has 4 rings (SSSR count). The second-order valence-corrected chi connectivity index (χ2v) is 8.14. The van der Waals surface area contributed by atoms with E-state index in [9.17, 15) is 0 Å². The van der Waals surface area contributed by atoms with E-state index in [0.717, 1.165) is 37.0 Å². The van der Waals surface area contributed by atoms with Gasteiger partial charge in [0.05, 0.1) is 5.69 Å². The van der Waals surface area contributed by atoms with Crippen LogP contribution in [-0.4, -0.2) is 51.9 Å². The zero-order valence-corrected chi connectivity index (χ0v) is 16.5. The van der Waals surface area contributed by atoms with E-state index >= 15 is 0 Å². The number of anilines is 1. The lowest BCUT2D eigenvalue weighted by atomic mass is 10.1. The molecule has 2 fully saturated rings. The number of hydrogen-bond acceptors (Lipinski definition) is 4. The maximum Gasteiger partial charge on any atom is 0.160 e. The van der Waals surface area contributed by atoms with E-state index in [4.69, 9.17) is 10.1 Å². The van der Waals surface area contributed by atoms with E-state index < -0.39 is 0 Å². The second kappa shape index (κ2) is 7.95. The molecule has 4 heterocycles. The number of hydrogen-bond donors (Lipinski definition) is 0. The first kappa shape index (κ1) is 17.8. The van der Waals surface area contributed by atoms with E-state index in [0.29, 0.717) is 0 Å². The van der Waals surface area contributed by atoms with Gasteiger partial charge in [0.2, 0.25) is 0 Å². The summed E-state index contributed by atoms with van der Waals surface area (Å²) in [6.45, 7) is 7.09. The van der Waals surface area contributed by atoms with Crippen molar-refractivity contribution in [2.75, 3.05) is 31.1 Å². The van der Waals surface area contributed by atoms with Gasteiger partial charge in [-0.15, -0.1) is 0 Å². The van der Waals surface area contributed by atoms with Crippen molar-refractivity contribution in [1.29, 1.82) is 0 Å². The Morgan fingerprint density at radius 1 is 1.04 bits per heavy atom. The normalized spacial score (nSPS) is 22.2. The van der Waals surface area contributed by atoms with Crippen LogP contribution in [0.15, 0.2) is 12.1 Å². The third-order valence-corrected chi connectivity index (χ3v) is 6.23. The summed E-state index contributed by atoms with van der Waals surface area (Å²) in [6, 6.07) is 5.22. The summed E-state index contributed by atoms with van der Waals surface area (Å²) in [5, 5.41) is 6.03. The predicted molar refractivity (Wildman–Crippen MR) is 108 cm³/mol. The first-order valence-electron chi connectivity index (χ1n) is 10.5. The Balaban J connectivity index is 1.46. The molecule has 2 aromatic heterocycles. The molecule has 0 aliphatic carbocycles. The fourth-order valence-electron chi connectivity index (χ4n) is 4.63. The van der Waals surface area contributed by atoms with E-state index in [1.165, 1.54) is 69.1 Å². The molecule has 0 N–H and O–H groups in total. The van der Waals surface area contributed by atoms with Crippen LogP contribution in [0, 0.1) is 0 Å². The summed E-state index contributed by atoms with van der Waals surface area (Å²) in [4.78, 5) is 10.1. The molecule has 2 saturated heterocycles. The maximum atomic E-state index is 4.97. The second-order valence-electron chi connectivity index (χ2n) is 8.14. The number of fused-ring (bicyclic) bond motifs is 1. The summed E-state index contributed by atoms with van der Waals surface area (Å²) >= 11 is 0. The van der Waals surface area contributed by atoms with Gasteiger partial charge in [-0.3, -0.25) is 4.68 Å². The molecule has 2 aliphatic rings. The Bertz CT molecular complexity index is 729. The summed E-state index contributed by atoms with van der Waals surface area (Å²) in [6.07, 6.45) is 10.2.